The molecule has 5 heteroatoms. The topological polar surface area (TPSA) is 57.9 Å². The van der Waals surface area contributed by atoms with Gasteiger partial charge in [-0.3, -0.25) is 4.98 Å². The Morgan fingerprint density at radius 2 is 2.24 bits per heavy atom. The zero-order valence-corrected chi connectivity index (χ0v) is 9.41. The molecule has 0 spiro atoms. The number of nitrogens with one attached hydrogen (secondary N) is 1. The van der Waals surface area contributed by atoms with Gasteiger partial charge in [0.2, 0.25) is 0 Å². The predicted molar refractivity (Wildman–Crippen MR) is 62.5 cm³/mol. The monoisotopic (exact) mass is 231 g/mol. The summed E-state index contributed by atoms with van der Waals surface area (Å²) in [7, 11) is 3.09. The number of fused-ring (bicyclic) bond motifs is 1. The van der Waals surface area contributed by atoms with Crippen LogP contribution in [0.4, 0.5) is 10.1 Å². The third kappa shape index (κ3) is 1.74. The van der Waals surface area contributed by atoms with Crippen LogP contribution in [0.15, 0.2) is 18.3 Å². The van der Waals surface area contributed by atoms with Gasteiger partial charge < -0.3 is 10.1 Å². The number of nitrogens with zero attached hydrogens (tertiary/aromatic N) is 2. The summed E-state index contributed by atoms with van der Waals surface area (Å²) in [5, 5.41) is 12.5. The van der Waals surface area contributed by atoms with Crippen LogP contribution in [0.2, 0.25) is 0 Å². The van der Waals surface area contributed by atoms with Crippen molar-refractivity contribution in [3.8, 4) is 11.8 Å². The maximum absolute atomic E-state index is 13.5. The molecule has 0 saturated heterocycles. The lowest BCUT2D eigenvalue weighted by Crippen LogP contribution is -1.97. The first-order valence-corrected chi connectivity index (χ1v) is 4.95. The number of ether oxygens (including phenoxy) is 1. The highest BCUT2D eigenvalue weighted by Crippen LogP contribution is 2.30. The fraction of sp³-hybridized carbons (Fsp3) is 0.167. The lowest BCUT2D eigenvalue weighted by Gasteiger charge is -2.09. The van der Waals surface area contributed by atoms with Crippen molar-refractivity contribution in [3.63, 3.8) is 0 Å². The Labute approximate surface area is 97.6 Å². The van der Waals surface area contributed by atoms with Crippen LogP contribution in [0.25, 0.3) is 10.9 Å². The Balaban J connectivity index is 2.84. The number of benzene rings is 1. The van der Waals surface area contributed by atoms with Gasteiger partial charge in [-0.2, -0.15) is 5.26 Å². The Morgan fingerprint density at radius 3 is 2.82 bits per heavy atom. The van der Waals surface area contributed by atoms with E-state index in [4.69, 9.17) is 10.00 Å². The molecule has 2 aromatic rings. The number of anilines is 1. The first kappa shape index (κ1) is 11.1. The highest BCUT2D eigenvalue weighted by molar-refractivity contribution is 5.94. The average molecular weight is 231 g/mol. The van der Waals surface area contributed by atoms with Crippen LogP contribution in [-0.2, 0) is 0 Å². The van der Waals surface area contributed by atoms with E-state index in [1.807, 2.05) is 6.07 Å². The third-order valence-electron chi connectivity index (χ3n) is 2.51. The molecule has 0 saturated carbocycles. The number of hydrogen-bond acceptors (Lipinski definition) is 4. The molecule has 86 valence electrons. The molecule has 0 radical (unpaired) electrons. The van der Waals surface area contributed by atoms with Crippen molar-refractivity contribution < 1.29 is 9.13 Å². The lowest BCUT2D eigenvalue weighted by molar-refractivity contribution is 0.387. The normalized spacial score (nSPS) is 10.0. The summed E-state index contributed by atoms with van der Waals surface area (Å²) >= 11 is 0. The third-order valence-corrected chi connectivity index (χ3v) is 2.51. The summed E-state index contributed by atoms with van der Waals surface area (Å²) in [5.74, 6) is -0.342. The van der Waals surface area contributed by atoms with E-state index >= 15 is 0 Å². The second kappa shape index (κ2) is 4.26. The Morgan fingerprint density at radius 1 is 1.47 bits per heavy atom. The van der Waals surface area contributed by atoms with Crippen molar-refractivity contribution >= 4 is 16.6 Å². The van der Waals surface area contributed by atoms with E-state index < -0.39 is 5.82 Å². The van der Waals surface area contributed by atoms with Crippen molar-refractivity contribution in [3.05, 3.63) is 29.7 Å². The van der Waals surface area contributed by atoms with Gasteiger partial charge in [-0.15, -0.1) is 0 Å². The summed E-state index contributed by atoms with van der Waals surface area (Å²) in [6, 6.07) is 4.85. The molecular formula is C12H10FN3O. The second-order valence-corrected chi connectivity index (χ2v) is 3.41. The molecule has 17 heavy (non-hydrogen) atoms. The number of methoxy groups -OCH3 is 1. The summed E-state index contributed by atoms with van der Waals surface area (Å²) in [4.78, 5) is 4.04. The van der Waals surface area contributed by atoms with E-state index in [1.54, 1.807) is 7.05 Å². The number of nitriles is 1. The minimum absolute atomic E-state index is 0.130. The van der Waals surface area contributed by atoms with Crippen molar-refractivity contribution in [2.75, 3.05) is 19.5 Å². The van der Waals surface area contributed by atoms with E-state index in [2.05, 4.69) is 10.3 Å². The summed E-state index contributed by atoms with van der Waals surface area (Å²) in [5.41, 5.74) is 1.51. The van der Waals surface area contributed by atoms with Gasteiger partial charge in [0.05, 0.1) is 23.9 Å². The number of rotatable bonds is 2. The maximum atomic E-state index is 13.5. The van der Waals surface area contributed by atoms with Crippen LogP contribution in [0.1, 0.15) is 5.56 Å². The molecule has 0 unspecified atom stereocenters. The van der Waals surface area contributed by atoms with E-state index in [9.17, 15) is 4.39 Å². The van der Waals surface area contributed by atoms with Gasteiger partial charge in [0, 0.05) is 24.7 Å². The summed E-state index contributed by atoms with van der Waals surface area (Å²) in [6.07, 6.45) is 1.42. The molecule has 0 aliphatic heterocycles. The number of pyridine rings is 1. The fourth-order valence-corrected chi connectivity index (χ4v) is 1.70. The second-order valence-electron chi connectivity index (χ2n) is 3.41. The lowest BCUT2D eigenvalue weighted by atomic mass is 10.1. The quantitative estimate of drug-likeness (QED) is 0.861. The summed E-state index contributed by atoms with van der Waals surface area (Å²) in [6.45, 7) is 0. The highest BCUT2D eigenvalue weighted by Gasteiger charge is 2.11. The van der Waals surface area contributed by atoms with Gasteiger partial charge >= 0.3 is 0 Å². The molecular weight excluding hydrogens is 221 g/mol. The van der Waals surface area contributed by atoms with Crippen LogP contribution in [0, 0.1) is 17.1 Å². The first-order valence-electron chi connectivity index (χ1n) is 4.95. The van der Waals surface area contributed by atoms with Crippen LogP contribution in [-0.4, -0.2) is 19.1 Å². The molecule has 0 amide bonds. The van der Waals surface area contributed by atoms with Gasteiger partial charge in [-0.05, 0) is 6.07 Å². The van der Waals surface area contributed by atoms with E-state index in [0.717, 1.165) is 0 Å². The van der Waals surface area contributed by atoms with Gasteiger partial charge in [0.1, 0.15) is 6.07 Å². The SMILES string of the molecule is CNc1c(C#N)cnc2cc(F)c(OC)cc12. The number of aromatic nitrogens is 1. The molecule has 1 aromatic heterocycles. The minimum Gasteiger partial charge on any atom is -0.494 e. The Bertz CT molecular complexity index is 619. The van der Waals surface area contributed by atoms with Crippen molar-refractivity contribution in [1.82, 2.24) is 4.98 Å². The van der Waals surface area contributed by atoms with Gasteiger partial charge in [-0.25, -0.2) is 4.39 Å². The van der Waals surface area contributed by atoms with Gasteiger partial charge in [0.15, 0.2) is 11.6 Å². The predicted octanol–water partition coefficient (Wildman–Crippen LogP) is 2.30. The van der Waals surface area contributed by atoms with Crippen LogP contribution in [0.5, 0.6) is 5.75 Å². The number of halogens is 1. The molecule has 0 atom stereocenters. The van der Waals surface area contributed by atoms with Crippen LogP contribution >= 0.6 is 0 Å². The summed E-state index contributed by atoms with van der Waals surface area (Å²) < 4.78 is 18.4. The molecule has 0 aliphatic rings. The van der Waals surface area contributed by atoms with E-state index in [1.165, 1.54) is 25.4 Å². The highest BCUT2D eigenvalue weighted by atomic mass is 19.1. The molecule has 1 aromatic carbocycles. The van der Waals surface area contributed by atoms with Gasteiger partial charge in [0.25, 0.3) is 0 Å². The van der Waals surface area contributed by atoms with Gasteiger partial charge in [-0.1, -0.05) is 0 Å². The molecule has 1 heterocycles. The molecule has 1 N–H and O–H groups in total. The number of hydrogen-bond donors (Lipinski definition) is 1. The van der Waals surface area contributed by atoms with Crippen molar-refractivity contribution in [2.45, 2.75) is 0 Å². The average Bonchev–Trinajstić information content (AvgIpc) is 2.36. The maximum Gasteiger partial charge on any atom is 0.167 e. The van der Waals surface area contributed by atoms with Crippen molar-refractivity contribution in [2.24, 2.45) is 0 Å². The zero-order chi connectivity index (χ0) is 12.4. The molecule has 0 fully saturated rings. The molecule has 4 nitrogen and oxygen atoms in total. The zero-order valence-electron chi connectivity index (χ0n) is 9.41. The Kier molecular flexibility index (Phi) is 2.79. The largest absolute Gasteiger partial charge is 0.494 e. The van der Waals surface area contributed by atoms with Crippen LogP contribution in [0.3, 0.4) is 0 Å². The standard InChI is InChI=1S/C12H10FN3O/c1-15-12-7(5-14)6-16-10-4-9(13)11(17-2)3-8(10)12/h3-4,6H,1-2H3,(H,15,16). The fourth-order valence-electron chi connectivity index (χ4n) is 1.70. The molecule has 2 rings (SSSR count). The Hall–Kier alpha value is -2.35. The smallest absolute Gasteiger partial charge is 0.167 e. The first-order chi connectivity index (χ1) is 8.21. The van der Waals surface area contributed by atoms with E-state index in [0.29, 0.717) is 22.2 Å². The van der Waals surface area contributed by atoms with Crippen LogP contribution < -0.4 is 10.1 Å². The van der Waals surface area contributed by atoms with E-state index in [-0.39, 0.29) is 5.75 Å². The van der Waals surface area contributed by atoms with Crippen molar-refractivity contribution in [1.29, 1.82) is 5.26 Å². The molecule has 0 bridgehead atoms. The minimum atomic E-state index is -0.473. The molecule has 0 aliphatic carbocycles.